The molecule has 2 aromatic rings. The molecule has 12 heteroatoms. The number of ketones is 2. The summed E-state index contributed by atoms with van der Waals surface area (Å²) in [5.41, 5.74) is -0.226. The van der Waals surface area contributed by atoms with E-state index in [1.54, 1.807) is 14.1 Å². The number of ether oxygens (including phenoxy) is 2. The maximum atomic E-state index is 13.3. The summed E-state index contributed by atoms with van der Waals surface area (Å²) in [6.07, 6.45) is 4.99. The van der Waals surface area contributed by atoms with Gasteiger partial charge in [0.15, 0.2) is 11.5 Å². The lowest BCUT2D eigenvalue weighted by molar-refractivity contribution is -0.142. The highest BCUT2D eigenvalue weighted by Gasteiger charge is 2.43. The van der Waals surface area contributed by atoms with Crippen LogP contribution < -0.4 is 0 Å². The predicted molar refractivity (Wildman–Crippen MR) is 114 cm³/mol. The van der Waals surface area contributed by atoms with Crippen LogP contribution in [0.2, 0.25) is 0 Å². The molecule has 0 aliphatic heterocycles. The summed E-state index contributed by atoms with van der Waals surface area (Å²) in [5, 5.41) is 29.7. The van der Waals surface area contributed by atoms with Crippen LogP contribution in [0.4, 0.5) is 0 Å². The van der Waals surface area contributed by atoms with Crippen molar-refractivity contribution in [2.24, 2.45) is 14.1 Å². The van der Waals surface area contributed by atoms with Crippen LogP contribution in [0, 0.1) is 0 Å². The first-order valence-corrected chi connectivity index (χ1v) is 10.1. The molecule has 2 N–H and O–H groups in total. The highest BCUT2D eigenvalue weighted by Crippen LogP contribution is 2.40. The first-order valence-electron chi connectivity index (χ1n) is 10.1. The van der Waals surface area contributed by atoms with Gasteiger partial charge in [-0.25, -0.2) is 0 Å². The van der Waals surface area contributed by atoms with Crippen LogP contribution in [0.1, 0.15) is 35.8 Å². The number of Topliss-reactive ketones (excluding diaryl/α,β-unsaturated/α-hetero) is 2. The number of carbonyl (C=O) groups is 4. The van der Waals surface area contributed by atoms with Gasteiger partial charge in [0, 0.05) is 38.3 Å². The predicted octanol–water partition coefficient (Wildman–Crippen LogP) is 0.923. The number of aliphatic hydroxyl groups excluding tert-OH is 2. The lowest BCUT2D eigenvalue weighted by atomic mass is 9.76. The van der Waals surface area contributed by atoms with Crippen LogP contribution in [0.5, 0.6) is 0 Å². The SMILES string of the molecule is COC(=O)C[C@@H](C1=C(O)C(=O)C([C@H](CC(=O)OC)c2cnn(C)c2)=C(O)C1=O)c1cnn(C)c1. The van der Waals surface area contributed by atoms with Crippen molar-refractivity contribution >= 4 is 23.5 Å². The van der Waals surface area contributed by atoms with E-state index in [1.165, 1.54) is 34.2 Å². The maximum absolute atomic E-state index is 13.3. The van der Waals surface area contributed by atoms with E-state index in [9.17, 15) is 29.4 Å². The van der Waals surface area contributed by atoms with Crippen molar-refractivity contribution in [3.05, 3.63) is 58.6 Å². The molecule has 0 spiro atoms. The second-order valence-corrected chi connectivity index (χ2v) is 7.74. The van der Waals surface area contributed by atoms with E-state index in [2.05, 4.69) is 10.2 Å². The fraction of sp³-hybridized carbons (Fsp3) is 0.364. The first kappa shape index (κ1) is 24.4. The molecule has 0 fully saturated rings. The third kappa shape index (κ3) is 4.60. The normalized spacial score (nSPS) is 16.0. The quantitative estimate of drug-likeness (QED) is 0.417. The van der Waals surface area contributed by atoms with Crippen molar-refractivity contribution in [1.82, 2.24) is 19.6 Å². The van der Waals surface area contributed by atoms with E-state index in [-0.39, 0.29) is 0 Å². The van der Waals surface area contributed by atoms with Crippen LogP contribution >= 0.6 is 0 Å². The second-order valence-electron chi connectivity index (χ2n) is 7.74. The number of carbonyl (C=O) groups excluding carboxylic acids is 4. The van der Waals surface area contributed by atoms with Crippen molar-refractivity contribution in [3.8, 4) is 0 Å². The summed E-state index contributed by atoms with van der Waals surface area (Å²) in [6, 6.07) is 0. The topological polar surface area (TPSA) is 163 Å². The van der Waals surface area contributed by atoms with Crippen LogP contribution in [0.25, 0.3) is 0 Å². The van der Waals surface area contributed by atoms with Crippen molar-refractivity contribution < 1.29 is 38.9 Å². The van der Waals surface area contributed by atoms with Gasteiger partial charge >= 0.3 is 11.9 Å². The number of aryl methyl sites for hydroxylation is 2. The molecule has 12 nitrogen and oxygen atoms in total. The zero-order chi connectivity index (χ0) is 25.2. The van der Waals surface area contributed by atoms with Crippen molar-refractivity contribution in [3.63, 3.8) is 0 Å². The molecule has 2 atom stereocenters. The highest BCUT2D eigenvalue weighted by molar-refractivity contribution is 6.24. The zero-order valence-corrected chi connectivity index (χ0v) is 19.0. The van der Waals surface area contributed by atoms with Crippen LogP contribution in [0.15, 0.2) is 47.5 Å². The minimum Gasteiger partial charge on any atom is -0.504 e. The monoisotopic (exact) mass is 472 g/mol. The number of esters is 2. The number of hydrogen-bond donors (Lipinski definition) is 2. The summed E-state index contributed by atoms with van der Waals surface area (Å²) in [7, 11) is 5.54. The Hall–Kier alpha value is -4.22. The van der Waals surface area contributed by atoms with Crippen molar-refractivity contribution in [2.75, 3.05) is 14.2 Å². The summed E-state index contributed by atoms with van der Waals surface area (Å²) in [4.78, 5) is 50.7. The van der Waals surface area contributed by atoms with Crippen LogP contribution in [-0.4, -0.2) is 67.5 Å². The van der Waals surface area contributed by atoms with E-state index in [1.807, 2.05) is 0 Å². The van der Waals surface area contributed by atoms with Gasteiger partial charge < -0.3 is 19.7 Å². The Balaban J connectivity index is 2.12. The summed E-state index contributed by atoms with van der Waals surface area (Å²) in [5.74, 6) is -7.61. The largest absolute Gasteiger partial charge is 0.504 e. The third-order valence-electron chi connectivity index (χ3n) is 5.58. The van der Waals surface area contributed by atoms with E-state index < -0.39 is 70.8 Å². The van der Waals surface area contributed by atoms with Gasteiger partial charge in [0.1, 0.15) is 0 Å². The molecular weight excluding hydrogens is 448 g/mol. The summed E-state index contributed by atoms with van der Waals surface area (Å²) in [6.45, 7) is 0. The van der Waals surface area contributed by atoms with E-state index in [0.717, 1.165) is 14.2 Å². The van der Waals surface area contributed by atoms with E-state index >= 15 is 0 Å². The molecule has 34 heavy (non-hydrogen) atoms. The first-order chi connectivity index (χ1) is 16.1. The zero-order valence-electron chi connectivity index (χ0n) is 19.0. The van der Waals surface area contributed by atoms with E-state index in [4.69, 9.17) is 9.47 Å². The van der Waals surface area contributed by atoms with E-state index in [0.29, 0.717) is 11.1 Å². The summed E-state index contributed by atoms with van der Waals surface area (Å²) >= 11 is 0. The van der Waals surface area contributed by atoms with Gasteiger partial charge in [-0.1, -0.05) is 0 Å². The molecule has 0 radical (unpaired) electrons. The van der Waals surface area contributed by atoms with Crippen LogP contribution in [-0.2, 0) is 42.7 Å². The molecule has 1 aliphatic rings. The van der Waals surface area contributed by atoms with Gasteiger partial charge in [-0.3, -0.25) is 28.5 Å². The average Bonchev–Trinajstić information content (AvgIpc) is 3.44. The molecule has 0 amide bonds. The van der Waals surface area contributed by atoms with Gasteiger partial charge in [-0.2, -0.15) is 10.2 Å². The molecule has 1 aliphatic carbocycles. The van der Waals surface area contributed by atoms with Gasteiger partial charge in [0.2, 0.25) is 11.6 Å². The number of rotatable bonds is 8. The Labute approximate surface area is 194 Å². The average molecular weight is 472 g/mol. The number of hydrogen-bond acceptors (Lipinski definition) is 10. The Kier molecular flexibility index (Phi) is 6.99. The lowest BCUT2D eigenvalue weighted by Gasteiger charge is -2.26. The second kappa shape index (κ2) is 9.73. The molecule has 180 valence electrons. The molecule has 0 bridgehead atoms. The Morgan fingerprint density at radius 2 is 1.18 bits per heavy atom. The number of nitrogens with zero attached hydrogens (tertiary/aromatic N) is 4. The number of allylic oxidation sites excluding steroid dienone is 2. The van der Waals surface area contributed by atoms with Crippen molar-refractivity contribution in [2.45, 2.75) is 24.7 Å². The maximum Gasteiger partial charge on any atom is 0.306 e. The van der Waals surface area contributed by atoms with Gasteiger partial charge in [0.05, 0.1) is 50.6 Å². The Morgan fingerprint density at radius 1 is 0.824 bits per heavy atom. The fourth-order valence-electron chi connectivity index (χ4n) is 3.87. The molecule has 2 aromatic heterocycles. The van der Waals surface area contributed by atoms with Crippen LogP contribution in [0.3, 0.4) is 0 Å². The fourth-order valence-corrected chi connectivity index (χ4v) is 3.87. The number of aromatic nitrogens is 4. The molecule has 0 saturated heterocycles. The smallest absolute Gasteiger partial charge is 0.306 e. The van der Waals surface area contributed by atoms with Gasteiger partial charge in [-0.05, 0) is 11.1 Å². The molecule has 0 aromatic carbocycles. The third-order valence-corrected chi connectivity index (χ3v) is 5.58. The Morgan fingerprint density at radius 3 is 1.44 bits per heavy atom. The minimum atomic E-state index is -1.11. The number of aliphatic hydroxyl groups is 2. The lowest BCUT2D eigenvalue weighted by Crippen LogP contribution is -2.31. The molecule has 3 rings (SSSR count). The summed E-state index contributed by atoms with van der Waals surface area (Å²) < 4.78 is 12.2. The van der Waals surface area contributed by atoms with Crippen molar-refractivity contribution in [1.29, 1.82) is 0 Å². The molecule has 0 unspecified atom stereocenters. The molecule has 2 heterocycles. The van der Waals surface area contributed by atoms with Gasteiger partial charge in [0.25, 0.3) is 0 Å². The minimum absolute atomic E-state index is 0.352. The Bertz CT molecular complexity index is 1120. The van der Waals surface area contributed by atoms with Gasteiger partial charge in [-0.15, -0.1) is 0 Å². The highest BCUT2D eigenvalue weighted by atomic mass is 16.5. The standard InChI is InChI=1S/C22H24N4O8/c1-25-9-11(7-23-25)13(5-15(27)33-3)17-19(29)21(31)18(22(32)20(17)30)14(6-16(28)34-4)12-8-24-26(2)10-12/h7-10,13-14,29,32H,5-6H2,1-4H3/t13-,14-/m1/s1. The number of methoxy groups -OCH3 is 2. The molecule has 0 saturated carbocycles. The molecular formula is C22H24N4O8.